The van der Waals surface area contributed by atoms with Crippen LogP contribution in [-0.4, -0.2) is 0 Å². The van der Waals surface area contributed by atoms with Crippen molar-refractivity contribution in [3.8, 4) is 0 Å². The zero-order valence-electron chi connectivity index (χ0n) is 11.1. The van der Waals surface area contributed by atoms with Gasteiger partial charge in [-0.3, -0.25) is 11.3 Å². The van der Waals surface area contributed by atoms with Gasteiger partial charge in [0.25, 0.3) is 0 Å². The summed E-state index contributed by atoms with van der Waals surface area (Å²) in [4.78, 5) is 0. The van der Waals surface area contributed by atoms with Crippen LogP contribution < -0.4 is 11.3 Å². The summed E-state index contributed by atoms with van der Waals surface area (Å²) >= 11 is 0. The van der Waals surface area contributed by atoms with Crippen molar-refractivity contribution in [2.24, 2.45) is 11.8 Å². The lowest BCUT2D eigenvalue weighted by Gasteiger charge is -2.23. The molecular weight excluding hydrogens is 200 g/mol. The van der Waals surface area contributed by atoms with E-state index in [1.54, 1.807) is 0 Å². The summed E-state index contributed by atoms with van der Waals surface area (Å²) in [5.41, 5.74) is 5.40. The molecule has 0 aliphatic heterocycles. The summed E-state index contributed by atoms with van der Waals surface area (Å²) < 4.78 is 5.66. The normalized spacial score (nSPS) is 15.1. The predicted octanol–water partition coefficient (Wildman–Crippen LogP) is 3.15. The molecule has 0 fully saturated rings. The SMILES string of the molecule is CCCC(C)C(NN)c1c(C)oc(C)c1C. The van der Waals surface area contributed by atoms with Gasteiger partial charge in [-0.25, -0.2) is 0 Å². The van der Waals surface area contributed by atoms with Crippen LogP contribution in [-0.2, 0) is 0 Å². The van der Waals surface area contributed by atoms with Gasteiger partial charge in [0.15, 0.2) is 0 Å². The Bertz CT molecular complexity index is 344. The third-order valence-electron chi connectivity index (χ3n) is 3.42. The van der Waals surface area contributed by atoms with E-state index < -0.39 is 0 Å². The molecule has 0 amide bonds. The first-order valence-electron chi connectivity index (χ1n) is 6.05. The zero-order chi connectivity index (χ0) is 12.3. The Labute approximate surface area is 98.4 Å². The minimum atomic E-state index is 0.192. The van der Waals surface area contributed by atoms with Crippen LogP contribution in [0, 0.1) is 26.7 Å². The number of rotatable bonds is 5. The number of aryl methyl sites for hydroxylation is 2. The van der Waals surface area contributed by atoms with Gasteiger partial charge in [0.1, 0.15) is 11.5 Å². The van der Waals surface area contributed by atoms with E-state index in [1.807, 2.05) is 13.8 Å². The van der Waals surface area contributed by atoms with Gasteiger partial charge in [-0.15, -0.1) is 0 Å². The second-order valence-electron chi connectivity index (χ2n) is 4.66. The number of nitrogens with one attached hydrogen (secondary N) is 1. The van der Waals surface area contributed by atoms with Crippen LogP contribution in [0.2, 0.25) is 0 Å². The molecule has 16 heavy (non-hydrogen) atoms. The van der Waals surface area contributed by atoms with Crippen molar-refractivity contribution < 1.29 is 4.42 Å². The molecule has 0 aromatic carbocycles. The maximum Gasteiger partial charge on any atom is 0.106 e. The van der Waals surface area contributed by atoms with Crippen molar-refractivity contribution >= 4 is 0 Å². The minimum absolute atomic E-state index is 0.192. The van der Waals surface area contributed by atoms with Crippen molar-refractivity contribution in [3.05, 3.63) is 22.6 Å². The molecule has 0 radical (unpaired) electrons. The Morgan fingerprint density at radius 1 is 1.25 bits per heavy atom. The van der Waals surface area contributed by atoms with E-state index in [2.05, 4.69) is 26.2 Å². The third kappa shape index (κ3) is 2.47. The van der Waals surface area contributed by atoms with Crippen molar-refractivity contribution in [2.45, 2.75) is 53.5 Å². The molecule has 1 heterocycles. The molecule has 2 unspecified atom stereocenters. The van der Waals surface area contributed by atoms with E-state index in [1.165, 1.54) is 17.5 Å². The maximum atomic E-state index is 5.69. The van der Waals surface area contributed by atoms with Gasteiger partial charge in [-0.05, 0) is 38.7 Å². The lowest BCUT2D eigenvalue weighted by Crippen LogP contribution is -2.33. The second-order valence-corrected chi connectivity index (χ2v) is 4.66. The van der Waals surface area contributed by atoms with E-state index in [-0.39, 0.29) is 6.04 Å². The number of hydrogen-bond acceptors (Lipinski definition) is 3. The van der Waals surface area contributed by atoms with Crippen molar-refractivity contribution in [2.75, 3.05) is 0 Å². The van der Waals surface area contributed by atoms with Gasteiger partial charge in [0.2, 0.25) is 0 Å². The fourth-order valence-electron chi connectivity index (χ4n) is 2.42. The molecule has 1 rings (SSSR count). The fraction of sp³-hybridized carbons (Fsp3) is 0.692. The van der Waals surface area contributed by atoms with Gasteiger partial charge in [-0.1, -0.05) is 20.3 Å². The molecule has 0 aliphatic rings. The van der Waals surface area contributed by atoms with Gasteiger partial charge in [0.05, 0.1) is 6.04 Å². The molecule has 0 saturated carbocycles. The number of hydrazine groups is 1. The highest BCUT2D eigenvalue weighted by Crippen LogP contribution is 2.32. The van der Waals surface area contributed by atoms with Crippen LogP contribution in [0.5, 0.6) is 0 Å². The lowest BCUT2D eigenvalue weighted by atomic mass is 9.89. The standard InChI is InChI=1S/C13H24N2O/c1-6-7-8(2)13(15-14)12-9(3)10(4)16-11(12)5/h8,13,15H,6-7,14H2,1-5H3. The molecule has 2 atom stereocenters. The summed E-state index contributed by atoms with van der Waals surface area (Å²) in [6.45, 7) is 10.5. The van der Waals surface area contributed by atoms with E-state index in [0.29, 0.717) is 5.92 Å². The summed E-state index contributed by atoms with van der Waals surface area (Å²) in [6, 6.07) is 0.192. The molecule has 0 aliphatic carbocycles. The zero-order valence-corrected chi connectivity index (χ0v) is 11.1. The lowest BCUT2D eigenvalue weighted by molar-refractivity contribution is 0.361. The molecule has 3 nitrogen and oxygen atoms in total. The highest BCUT2D eigenvalue weighted by molar-refractivity contribution is 5.34. The second kappa shape index (κ2) is 5.51. The molecule has 92 valence electrons. The van der Waals surface area contributed by atoms with Crippen LogP contribution >= 0.6 is 0 Å². The number of furan rings is 1. The Morgan fingerprint density at radius 2 is 1.88 bits per heavy atom. The highest BCUT2D eigenvalue weighted by atomic mass is 16.3. The first kappa shape index (κ1) is 13.3. The predicted molar refractivity (Wildman–Crippen MR) is 67.1 cm³/mol. The summed E-state index contributed by atoms with van der Waals surface area (Å²) in [5.74, 6) is 8.19. The minimum Gasteiger partial charge on any atom is -0.466 e. The molecule has 1 aromatic rings. The Hall–Kier alpha value is -0.800. The van der Waals surface area contributed by atoms with Crippen molar-refractivity contribution in [1.82, 2.24) is 5.43 Å². The largest absolute Gasteiger partial charge is 0.466 e. The van der Waals surface area contributed by atoms with Crippen LogP contribution in [0.15, 0.2) is 4.42 Å². The Kier molecular flexibility index (Phi) is 4.56. The van der Waals surface area contributed by atoms with Crippen molar-refractivity contribution in [1.29, 1.82) is 0 Å². The topological polar surface area (TPSA) is 51.2 Å². The first-order chi connectivity index (χ1) is 7.52. The van der Waals surface area contributed by atoms with Crippen LogP contribution in [0.25, 0.3) is 0 Å². The molecule has 3 N–H and O–H groups in total. The van der Waals surface area contributed by atoms with Crippen LogP contribution in [0.1, 0.15) is 55.4 Å². The summed E-state index contributed by atoms with van der Waals surface area (Å²) in [7, 11) is 0. The van der Waals surface area contributed by atoms with E-state index >= 15 is 0 Å². The molecule has 0 bridgehead atoms. The monoisotopic (exact) mass is 224 g/mol. The third-order valence-corrected chi connectivity index (χ3v) is 3.42. The average molecular weight is 224 g/mol. The highest BCUT2D eigenvalue weighted by Gasteiger charge is 2.24. The van der Waals surface area contributed by atoms with E-state index in [0.717, 1.165) is 17.9 Å². The quantitative estimate of drug-likeness (QED) is 0.596. The number of nitrogens with two attached hydrogens (primary N) is 1. The molecule has 3 heteroatoms. The fourth-order valence-corrected chi connectivity index (χ4v) is 2.42. The van der Waals surface area contributed by atoms with Crippen LogP contribution in [0.4, 0.5) is 0 Å². The summed E-state index contributed by atoms with van der Waals surface area (Å²) in [6.07, 6.45) is 2.34. The van der Waals surface area contributed by atoms with Gasteiger partial charge < -0.3 is 4.42 Å². The summed E-state index contributed by atoms with van der Waals surface area (Å²) in [5, 5.41) is 0. The maximum absolute atomic E-state index is 5.69. The van der Waals surface area contributed by atoms with Gasteiger partial charge in [-0.2, -0.15) is 0 Å². The Morgan fingerprint density at radius 3 is 2.25 bits per heavy atom. The molecule has 1 aromatic heterocycles. The molecule has 0 saturated heterocycles. The van der Waals surface area contributed by atoms with E-state index in [4.69, 9.17) is 10.3 Å². The molecule has 0 spiro atoms. The van der Waals surface area contributed by atoms with Gasteiger partial charge >= 0.3 is 0 Å². The van der Waals surface area contributed by atoms with Crippen LogP contribution in [0.3, 0.4) is 0 Å². The van der Waals surface area contributed by atoms with Crippen molar-refractivity contribution in [3.63, 3.8) is 0 Å². The van der Waals surface area contributed by atoms with Gasteiger partial charge in [0, 0.05) is 5.56 Å². The average Bonchev–Trinajstić information content (AvgIpc) is 2.46. The number of hydrogen-bond donors (Lipinski definition) is 2. The smallest absolute Gasteiger partial charge is 0.106 e. The first-order valence-corrected chi connectivity index (χ1v) is 6.05. The van der Waals surface area contributed by atoms with E-state index in [9.17, 15) is 0 Å². The molecular formula is C13H24N2O. The Balaban J connectivity index is 3.03.